The van der Waals surface area contributed by atoms with Gasteiger partial charge >= 0.3 is 0 Å². The van der Waals surface area contributed by atoms with Crippen LogP contribution in [0.2, 0.25) is 0 Å². The van der Waals surface area contributed by atoms with E-state index in [4.69, 9.17) is 4.74 Å². The molecule has 2 aromatic carbocycles. The number of thioether (sulfide) groups is 1. The highest BCUT2D eigenvalue weighted by Gasteiger charge is 2.16. The SMILES string of the molecule is COc1ccccc1C(=O)Sc1ccccc1C(C)=O. The first-order chi connectivity index (χ1) is 9.63. The zero-order chi connectivity index (χ0) is 14.5. The minimum Gasteiger partial charge on any atom is -0.496 e. The molecule has 0 fully saturated rings. The van der Waals surface area contributed by atoms with Crippen LogP contribution in [0.3, 0.4) is 0 Å². The van der Waals surface area contributed by atoms with Crippen LogP contribution in [-0.2, 0) is 0 Å². The molecule has 0 amide bonds. The number of ketones is 1. The van der Waals surface area contributed by atoms with Crippen LogP contribution in [0.5, 0.6) is 5.75 Å². The molecule has 0 spiro atoms. The predicted molar refractivity (Wildman–Crippen MR) is 79.6 cm³/mol. The van der Waals surface area contributed by atoms with Gasteiger partial charge in [-0.3, -0.25) is 9.59 Å². The highest BCUT2D eigenvalue weighted by molar-refractivity contribution is 8.14. The monoisotopic (exact) mass is 286 g/mol. The number of benzene rings is 2. The van der Waals surface area contributed by atoms with E-state index in [2.05, 4.69) is 0 Å². The normalized spacial score (nSPS) is 10.1. The fourth-order valence-corrected chi connectivity index (χ4v) is 2.76. The summed E-state index contributed by atoms with van der Waals surface area (Å²) in [6, 6.07) is 14.1. The lowest BCUT2D eigenvalue weighted by Gasteiger charge is -2.08. The first-order valence-electron chi connectivity index (χ1n) is 6.08. The molecule has 3 nitrogen and oxygen atoms in total. The number of methoxy groups -OCH3 is 1. The standard InChI is InChI=1S/C16H14O3S/c1-11(17)12-7-4-6-10-15(12)20-16(18)13-8-3-5-9-14(13)19-2/h3-10H,1-2H3. The highest BCUT2D eigenvalue weighted by Crippen LogP contribution is 2.30. The maximum atomic E-state index is 12.3. The van der Waals surface area contributed by atoms with Gasteiger partial charge in [-0.05, 0) is 36.9 Å². The molecular formula is C16H14O3S. The first-order valence-corrected chi connectivity index (χ1v) is 6.90. The van der Waals surface area contributed by atoms with Gasteiger partial charge in [0.25, 0.3) is 0 Å². The van der Waals surface area contributed by atoms with Crippen LogP contribution >= 0.6 is 11.8 Å². The van der Waals surface area contributed by atoms with E-state index in [0.29, 0.717) is 21.8 Å². The molecule has 2 rings (SSSR count). The molecule has 102 valence electrons. The summed E-state index contributed by atoms with van der Waals surface area (Å²) in [4.78, 5) is 24.6. The highest BCUT2D eigenvalue weighted by atomic mass is 32.2. The van der Waals surface area contributed by atoms with E-state index in [-0.39, 0.29) is 10.9 Å². The van der Waals surface area contributed by atoms with Gasteiger partial charge in [-0.25, -0.2) is 0 Å². The number of carbonyl (C=O) groups is 2. The predicted octanol–water partition coefficient (Wildman–Crippen LogP) is 3.83. The van der Waals surface area contributed by atoms with Crippen LogP contribution in [0.25, 0.3) is 0 Å². The number of ether oxygens (including phenoxy) is 1. The van der Waals surface area contributed by atoms with Crippen molar-refractivity contribution in [1.29, 1.82) is 0 Å². The van der Waals surface area contributed by atoms with Crippen LogP contribution in [-0.4, -0.2) is 18.0 Å². The molecule has 0 aliphatic heterocycles. The van der Waals surface area contributed by atoms with Crippen molar-refractivity contribution in [2.75, 3.05) is 7.11 Å². The maximum Gasteiger partial charge on any atom is 0.227 e. The number of rotatable bonds is 4. The Bertz CT molecular complexity index is 650. The third-order valence-electron chi connectivity index (χ3n) is 2.80. The molecule has 0 aliphatic carbocycles. The smallest absolute Gasteiger partial charge is 0.227 e. The molecule has 0 saturated heterocycles. The molecule has 0 atom stereocenters. The van der Waals surface area contributed by atoms with Gasteiger partial charge in [-0.15, -0.1) is 0 Å². The van der Waals surface area contributed by atoms with Crippen LogP contribution in [0.15, 0.2) is 53.4 Å². The van der Waals surface area contributed by atoms with E-state index in [0.717, 1.165) is 11.8 Å². The summed E-state index contributed by atoms with van der Waals surface area (Å²) < 4.78 is 5.18. The van der Waals surface area contributed by atoms with Crippen molar-refractivity contribution in [2.24, 2.45) is 0 Å². The Morgan fingerprint density at radius 3 is 2.20 bits per heavy atom. The molecule has 0 heterocycles. The Morgan fingerprint density at radius 1 is 0.950 bits per heavy atom. The van der Waals surface area contributed by atoms with E-state index in [1.165, 1.54) is 14.0 Å². The zero-order valence-electron chi connectivity index (χ0n) is 11.3. The fraction of sp³-hybridized carbons (Fsp3) is 0.125. The van der Waals surface area contributed by atoms with Crippen LogP contribution in [0.1, 0.15) is 27.6 Å². The Morgan fingerprint density at radius 2 is 1.55 bits per heavy atom. The molecule has 0 bridgehead atoms. The maximum absolute atomic E-state index is 12.3. The quantitative estimate of drug-likeness (QED) is 0.633. The Labute approximate surface area is 122 Å². The fourth-order valence-electron chi connectivity index (χ4n) is 1.81. The topological polar surface area (TPSA) is 43.4 Å². The lowest BCUT2D eigenvalue weighted by atomic mass is 10.1. The minimum absolute atomic E-state index is 0.0547. The van der Waals surface area contributed by atoms with Crippen molar-refractivity contribution in [3.05, 3.63) is 59.7 Å². The molecule has 2 aromatic rings. The van der Waals surface area contributed by atoms with Gasteiger partial charge in [-0.1, -0.05) is 30.3 Å². The summed E-state index contributed by atoms with van der Waals surface area (Å²) in [5.41, 5.74) is 1.05. The molecule has 20 heavy (non-hydrogen) atoms. The Balaban J connectivity index is 2.31. The average Bonchev–Trinajstić information content (AvgIpc) is 2.47. The lowest BCUT2D eigenvalue weighted by molar-refractivity contribution is 0.101. The van der Waals surface area contributed by atoms with Crippen molar-refractivity contribution < 1.29 is 14.3 Å². The minimum atomic E-state index is -0.142. The lowest BCUT2D eigenvalue weighted by Crippen LogP contribution is -2.00. The molecular weight excluding hydrogens is 272 g/mol. The summed E-state index contributed by atoms with van der Waals surface area (Å²) in [6.07, 6.45) is 0. The molecule has 0 saturated carbocycles. The number of hydrogen-bond acceptors (Lipinski definition) is 4. The molecule has 0 radical (unpaired) electrons. The summed E-state index contributed by atoms with van der Waals surface area (Å²) >= 11 is 1.04. The summed E-state index contributed by atoms with van der Waals surface area (Å²) in [6.45, 7) is 1.49. The average molecular weight is 286 g/mol. The molecule has 4 heteroatoms. The zero-order valence-corrected chi connectivity index (χ0v) is 12.1. The van der Waals surface area contributed by atoms with Crippen LogP contribution < -0.4 is 4.74 Å². The van der Waals surface area contributed by atoms with Crippen LogP contribution in [0.4, 0.5) is 0 Å². The molecule has 0 aromatic heterocycles. The van der Waals surface area contributed by atoms with E-state index < -0.39 is 0 Å². The second-order valence-corrected chi connectivity index (χ2v) is 5.16. The van der Waals surface area contributed by atoms with Gasteiger partial charge < -0.3 is 4.74 Å². The number of carbonyl (C=O) groups excluding carboxylic acids is 2. The second kappa shape index (κ2) is 6.39. The summed E-state index contributed by atoms with van der Waals surface area (Å²) in [5, 5.41) is -0.142. The first kappa shape index (κ1) is 14.3. The molecule has 0 N–H and O–H groups in total. The van der Waals surface area contributed by atoms with Gasteiger partial charge in [-0.2, -0.15) is 0 Å². The molecule has 0 unspecified atom stereocenters. The van der Waals surface area contributed by atoms with E-state index in [1.54, 1.807) is 36.4 Å². The number of hydrogen-bond donors (Lipinski definition) is 0. The van der Waals surface area contributed by atoms with Crippen molar-refractivity contribution in [3.63, 3.8) is 0 Å². The molecule has 0 aliphatic rings. The van der Waals surface area contributed by atoms with E-state index in [1.807, 2.05) is 12.1 Å². The van der Waals surface area contributed by atoms with Crippen molar-refractivity contribution in [1.82, 2.24) is 0 Å². The summed E-state index contributed by atoms with van der Waals surface area (Å²) in [7, 11) is 1.53. The van der Waals surface area contributed by atoms with Gasteiger partial charge in [0.05, 0.1) is 12.7 Å². The van der Waals surface area contributed by atoms with Gasteiger partial charge in [0.15, 0.2) is 5.78 Å². The third kappa shape index (κ3) is 3.08. The second-order valence-electron chi connectivity index (χ2n) is 4.14. The van der Waals surface area contributed by atoms with Crippen molar-refractivity contribution in [3.8, 4) is 5.75 Å². The Hall–Kier alpha value is -2.07. The number of para-hydroxylation sites is 1. The van der Waals surface area contributed by atoms with Gasteiger partial charge in [0.1, 0.15) is 5.75 Å². The van der Waals surface area contributed by atoms with E-state index in [9.17, 15) is 9.59 Å². The Kier molecular flexibility index (Phi) is 4.58. The largest absolute Gasteiger partial charge is 0.496 e. The third-order valence-corrected chi connectivity index (χ3v) is 3.78. The van der Waals surface area contributed by atoms with Gasteiger partial charge in [0, 0.05) is 10.5 Å². The van der Waals surface area contributed by atoms with Crippen molar-refractivity contribution >= 4 is 22.7 Å². The number of Topliss-reactive ketones (excluding diaryl/α,β-unsaturated/α-hetero) is 1. The van der Waals surface area contributed by atoms with Crippen LogP contribution in [0, 0.1) is 0 Å². The van der Waals surface area contributed by atoms with Crippen molar-refractivity contribution in [2.45, 2.75) is 11.8 Å². The summed E-state index contributed by atoms with van der Waals surface area (Å²) in [5.74, 6) is 0.478. The van der Waals surface area contributed by atoms with Gasteiger partial charge in [0.2, 0.25) is 5.12 Å². The van der Waals surface area contributed by atoms with E-state index >= 15 is 0 Å².